The summed E-state index contributed by atoms with van der Waals surface area (Å²) in [5.74, 6) is -0.766. The first-order chi connectivity index (χ1) is 11.9. The van der Waals surface area contributed by atoms with E-state index in [1.807, 2.05) is 5.32 Å². The van der Waals surface area contributed by atoms with Crippen LogP contribution < -0.4 is 16.0 Å². The highest BCUT2D eigenvalue weighted by Gasteiger charge is 2.53. The molecule has 2 aromatic carbocycles. The van der Waals surface area contributed by atoms with E-state index in [1.54, 1.807) is 36.4 Å². The summed E-state index contributed by atoms with van der Waals surface area (Å²) in [7, 11) is -4.31. The van der Waals surface area contributed by atoms with Crippen LogP contribution in [0.3, 0.4) is 0 Å². The molecule has 0 radical (unpaired) electrons. The first-order valence-electron chi connectivity index (χ1n) is 7.33. The third kappa shape index (κ3) is 2.22. The van der Waals surface area contributed by atoms with E-state index < -0.39 is 40.2 Å². The third-order valence-corrected chi connectivity index (χ3v) is 5.95. The van der Waals surface area contributed by atoms with Crippen LogP contribution in [0.4, 0.5) is 9.59 Å². The molecule has 0 spiro atoms. The van der Waals surface area contributed by atoms with Crippen molar-refractivity contribution in [3.8, 4) is 0 Å². The number of hydrogen-bond acceptors (Lipinski definition) is 5. The molecule has 0 bridgehead atoms. The first-order valence-corrected chi connectivity index (χ1v) is 8.77. The summed E-state index contributed by atoms with van der Waals surface area (Å²) >= 11 is 0. The van der Waals surface area contributed by atoms with Crippen molar-refractivity contribution >= 4 is 38.8 Å². The van der Waals surface area contributed by atoms with Gasteiger partial charge in [0.25, 0.3) is 15.9 Å². The molecular formula is C15H12N4O5S. The summed E-state index contributed by atoms with van der Waals surface area (Å²) in [5.41, 5.74) is 0. The van der Waals surface area contributed by atoms with E-state index in [1.165, 1.54) is 6.07 Å². The van der Waals surface area contributed by atoms with E-state index in [2.05, 4.69) is 10.6 Å². The Morgan fingerprint density at radius 1 is 0.920 bits per heavy atom. The topological polar surface area (TPSA) is 125 Å². The standard InChI is InChI=1S/C15H12N4O5S/c20-13-11-12(17-14(21)18-13)19(15(22)16-11)25(23,24)10-7-3-5-8-4-1-2-6-9(8)10/h1-7,11-12H,(H,16,22)(H2,17,18,20,21)/t11-,12+/m0/s1. The number of benzene rings is 2. The summed E-state index contributed by atoms with van der Waals surface area (Å²) in [6, 6.07) is 8.49. The molecule has 0 aromatic heterocycles. The maximum Gasteiger partial charge on any atom is 0.334 e. The van der Waals surface area contributed by atoms with Gasteiger partial charge in [-0.05, 0) is 11.5 Å². The third-order valence-electron chi connectivity index (χ3n) is 4.13. The SMILES string of the molecule is O=C1NC(=O)[C@H]2NC(=O)N(S(=O)(=O)c3cccc4ccccc34)[C@H]2N1. The first kappa shape index (κ1) is 15.4. The number of nitrogens with zero attached hydrogens (tertiary/aromatic N) is 1. The second kappa shape index (κ2) is 5.18. The molecule has 2 saturated heterocycles. The number of carbonyl (C=O) groups excluding carboxylic acids is 3. The van der Waals surface area contributed by atoms with Crippen molar-refractivity contribution in [3.05, 3.63) is 42.5 Å². The number of nitrogens with one attached hydrogen (secondary N) is 3. The Kier molecular flexibility index (Phi) is 3.19. The van der Waals surface area contributed by atoms with Gasteiger partial charge in [-0.25, -0.2) is 18.0 Å². The number of imide groups is 1. The Bertz CT molecular complexity index is 1030. The number of carbonyl (C=O) groups is 3. The van der Waals surface area contributed by atoms with Crippen molar-refractivity contribution in [2.24, 2.45) is 0 Å². The van der Waals surface area contributed by atoms with E-state index in [0.29, 0.717) is 15.1 Å². The molecule has 10 heteroatoms. The Morgan fingerprint density at radius 3 is 2.44 bits per heavy atom. The van der Waals surface area contributed by atoms with Gasteiger partial charge < -0.3 is 10.6 Å². The van der Waals surface area contributed by atoms with E-state index in [4.69, 9.17) is 0 Å². The Hall–Kier alpha value is -3.14. The van der Waals surface area contributed by atoms with Gasteiger partial charge in [-0.15, -0.1) is 0 Å². The Labute approximate surface area is 142 Å². The summed E-state index contributed by atoms with van der Waals surface area (Å²) in [5, 5.41) is 7.70. The number of rotatable bonds is 2. The second-order valence-corrected chi connectivity index (χ2v) is 7.40. The van der Waals surface area contributed by atoms with Gasteiger partial charge in [0.1, 0.15) is 0 Å². The van der Waals surface area contributed by atoms with Crippen molar-refractivity contribution in [1.29, 1.82) is 0 Å². The smallest absolute Gasteiger partial charge is 0.321 e. The van der Waals surface area contributed by atoms with E-state index in [0.717, 1.165) is 0 Å². The lowest BCUT2D eigenvalue weighted by molar-refractivity contribution is -0.123. The largest absolute Gasteiger partial charge is 0.334 e. The predicted octanol–water partition coefficient (Wildman–Crippen LogP) is 0.0878. The lowest BCUT2D eigenvalue weighted by Gasteiger charge is -2.29. The number of sulfonamides is 1. The van der Waals surface area contributed by atoms with Crippen molar-refractivity contribution in [3.63, 3.8) is 0 Å². The van der Waals surface area contributed by atoms with Crippen LogP contribution in [0.2, 0.25) is 0 Å². The second-order valence-electron chi connectivity index (χ2n) is 5.61. The highest BCUT2D eigenvalue weighted by molar-refractivity contribution is 7.90. The minimum atomic E-state index is -4.31. The molecule has 3 N–H and O–H groups in total. The number of urea groups is 2. The van der Waals surface area contributed by atoms with Gasteiger partial charge in [0.2, 0.25) is 0 Å². The van der Waals surface area contributed by atoms with E-state index >= 15 is 0 Å². The lowest BCUT2D eigenvalue weighted by atomic mass is 10.1. The quantitative estimate of drug-likeness (QED) is 0.700. The van der Waals surface area contributed by atoms with Crippen LogP contribution in [-0.4, -0.2) is 42.9 Å². The van der Waals surface area contributed by atoms with Gasteiger partial charge in [-0.3, -0.25) is 10.1 Å². The van der Waals surface area contributed by atoms with Gasteiger partial charge >= 0.3 is 12.1 Å². The fraction of sp³-hybridized carbons (Fsp3) is 0.133. The molecule has 2 atom stereocenters. The molecule has 0 unspecified atom stereocenters. The lowest BCUT2D eigenvalue weighted by Crippen LogP contribution is -2.65. The Balaban J connectivity index is 1.86. The van der Waals surface area contributed by atoms with Crippen LogP contribution in [0.15, 0.2) is 47.4 Å². The van der Waals surface area contributed by atoms with Gasteiger partial charge in [0.15, 0.2) is 12.2 Å². The normalized spacial score (nSPS) is 23.0. The van der Waals surface area contributed by atoms with E-state index in [-0.39, 0.29) is 4.90 Å². The fourth-order valence-electron chi connectivity index (χ4n) is 3.03. The summed E-state index contributed by atoms with van der Waals surface area (Å²) in [4.78, 5) is 35.6. The molecule has 2 aliphatic rings. The van der Waals surface area contributed by atoms with Crippen LogP contribution in [0, 0.1) is 0 Å². The zero-order valence-corrected chi connectivity index (χ0v) is 13.4. The maximum atomic E-state index is 13.1. The van der Waals surface area contributed by atoms with Crippen LogP contribution in [0.5, 0.6) is 0 Å². The molecule has 25 heavy (non-hydrogen) atoms. The molecule has 2 fully saturated rings. The molecule has 5 amide bonds. The summed E-state index contributed by atoms with van der Waals surface area (Å²) < 4.78 is 26.7. The zero-order valence-electron chi connectivity index (χ0n) is 12.6. The molecule has 0 saturated carbocycles. The van der Waals surface area contributed by atoms with Gasteiger partial charge in [-0.1, -0.05) is 36.4 Å². The summed E-state index contributed by atoms with van der Waals surface area (Å²) in [6.45, 7) is 0. The highest BCUT2D eigenvalue weighted by Crippen LogP contribution is 2.29. The minimum Gasteiger partial charge on any atom is -0.321 e. The van der Waals surface area contributed by atoms with Crippen molar-refractivity contribution in [2.45, 2.75) is 17.1 Å². The van der Waals surface area contributed by atoms with Crippen LogP contribution >= 0.6 is 0 Å². The van der Waals surface area contributed by atoms with Crippen molar-refractivity contribution < 1.29 is 22.8 Å². The minimum absolute atomic E-state index is 0.0818. The fourth-order valence-corrected chi connectivity index (χ4v) is 4.70. The molecule has 4 rings (SSSR count). The maximum absolute atomic E-state index is 13.1. The average molecular weight is 360 g/mol. The molecule has 2 aromatic rings. The summed E-state index contributed by atoms with van der Waals surface area (Å²) in [6.07, 6.45) is -1.32. The van der Waals surface area contributed by atoms with Gasteiger partial charge in [0.05, 0.1) is 4.90 Å². The van der Waals surface area contributed by atoms with E-state index in [9.17, 15) is 22.8 Å². The van der Waals surface area contributed by atoms with Crippen LogP contribution in [0.25, 0.3) is 10.8 Å². The monoisotopic (exact) mass is 360 g/mol. The average Bonchev–Trinajstić information content (AvgIpc) is 2.91. The highest BCUT2D eigenvalue weighted by atomic mass is 32.2. The molecule has 2 aliphatic heterocycles. The molecule has 128 valence electrons. The number of fused-ring (bicyclic) bond motifs is 2. The number of hydrogen-bond donors (Lipinski definition) is 3. The van der Waals surface area contributed by atoms with Crippen LogP contribution in [0.1, 0.15) is 0 Å². The van der Waals surface area contributed by atoms with Gasteiger partial charge in [-0.2, -0.15) is 4.31 Å². The number of amides is 5. The van der Waals surface area contributed by atoms with Crippen molar-refractivity contribution in [2.75, 3.05) is 0 Å². The van der Waals surface area contributed by atoms with Crippen molar-refractivity contribution in [1.82, 2.24) is 20.3 Å². The van der Waals surface area contributed by atoms with Crippen LogP contribution in [-0.2, 0) is 14.8 Å². The molecule has 0 aliphatic carbocycles. The van der Waals surface area contributed by atoms with Gasteiger partial charge in [0, 0.05) is 5.39 Å². The predicted molar refractivity (Wildman–Crippen MR) is 85.8 cm³/mol. The zero-order chi connectivity index (χ0) is 17.8. The molecule has 2 heterocycles. The molecule has 9 nitrogen and oxygen atoms in total. The molecular weight excluding hydrogens is 348 g/mol. The Morgan fingerprint density at radius 2 is 1.64 bits per heavy atom.